The van der Waals surface area contributed by atoms with Crippen LogP contribution in [0.15, 0.2) is 59.8 Å². The van der Waals surface area contributed by atoms with Gasteiger partial charge in [-0.3, -0.25) is 19.3 Å². The summed E-state index contributed by atoms with van der Waals surface area (Å²) in [6.07, 6.45) is 1.61. The number of thioether (sulfide) groups is 2. The van der Waals surface area contributed by atoms with E-state index in [1.165, 1.54) is 51.6 Å². The predicted molar refractivity (Wildman–Crippen MR) is 151 cm³/mol. The Kier molecular flexibility index (Phi) is 8.03. The number of carboxylic acids is 1. The van der Waals surface area contributed by atoms with Crippen LogP contribution in [0, 0.1) is 0 Å². The summed E-state index contributed by atoms with van der Waals surface area (Å²) in [5.41, 5.74) is 5.43. The first-order chi connectivity index (χ1) is 18.8. The molecular weight excluding hydrogens is 610 g/mol. The molecule has 11 nitrogen and oxygen atoms in total. The highest BCUT2D eigenvalue weighted by Crippen LogP contribution is 2.41. The zero-order valence-corrected chi connectivity index (χ0v) is 23.4. The van der Waals surface area contributed by atoms with Gasteiger partial charge >= 0.3 is 5.97 Å². The number of aromatic nitrogens is 1. The molecule has 5 rings (SSSR count). The van der Waals surface area contributed by atoms with Crippen molar-refractivity contribution in [3.63, 3.8) is 0 Å². The number of nitrogens with one attached hydrogen (secondary N) is 1. The third-order valence-corrected chi connectivity index (χ3v) is 10.5. The van der Waals surface area contributed by atoms with E-state index in [9.17, 15) is 28.7 Å². The molecule has 3 aromatic rings. The second-order valence-corrected chi connectivity index (χ2v) is 13.0. The van der Waals surface area contributed by atoms with Gasteiger partial charge < -0.3 is 21.0 Å². The van der Waals surface area contributed by atoms with Gasteiger partial charge in [0, 0.05) is 17.2 Å². The molecule has 4 N–H and O–H groups in total. The minimum Gasteiger partial charge on any atom is -0.477 e. The maximum atomic E-state index is 13.0. The molecule has 0 saturated carbocycles. The molecule has 202 valence electrons. The number of nitrogens with two attached hydrogens (primary N) is 1. The SMILES string of the molecule is Nc1nc(C(=NOCF)C(=O)NC2C(=O)N3C(C(=O)O)=C(C=CSc4cc(=O)c5sccc5s4)CS[C@@H]23)cs1. The number of amides is 2. The third kappa shape index (κ3) is 5.44. The van der Waals surface area contributed by atoms with Crippen LogP contribution in [-0.2, 0) is 19.2 Å². The Hall–Kier alpha value is -3.25. The van der Waals surface area contributed by atoms with Crippen LogP contribution in [0.5, 0.6) is 0 Å². The number of thiophene rings is 1. The number of hydrogen-bond donors (Lipinski definition) is 3. The molecule has 2 aliphatic rings. The van der Waals surface area contributed by atoms with Gasteiger partial charge in [-0.05, 0) is 28.5 Å². The minimum absolute atomic E-state index is 0.0441. The van der Waals surface area contributed by atoms with Gasteiger partial charge in [-0.15, -0.1) is 45.8 Å². The van der Waals surface area contributed by atoms with Gasteiger partial charge in [-0.2, -0.15) is 0 Å². The molecule has 17 heteroatoms. The summed E-state index contributed by atoms with van der Waals surface area (Å²) in [5, 5.41) is 20.3. The first-order valence-electron chi connectivity index (χ1n) is 10.8. The van der Waals surface area contributed by atoms with Crippen LogP contribution in [0.25, 0.3) is 9.40 Å². The monoisotopic (exact) mass is 625 g/mol. The summed E-state index contributed by atoms with van der Waals surface area (Å²) in [7, 11) is 0. The number of halogens is 1. The van der Waals surface area contributed by atoms with Gasteiger partial charge in [0.25, 0.3) is 18.7 Å². The van der Waals surface area contributed by atoms with E-state index in [0.717, 1.165) is 25.1 Å². The molecule has 0 aromatic carbocycles. The van der Waals surface area contributed by atoms with Gasteiger partial charge in [-0.1, -0.05) is 16.9 Å². The van der Waals surface area contributed by atoms with E-state index in [-0.39, 0.29) is 33.4 Å². The van der Waals surface area contributed by atoms with Gasteiger partial charge in [0.15, 0.2) is 16.3 Å². The zero-order chi connectivity index (χ0) is 27.7. The van der Waals surface area contributed by atoms with Crippen molar-refractivity contribution in [3.8, 4) is 0 Å². The van der Waals surface area contributed by atoms with Crippen molar-refractivity contribution in [3.05, 3.63) is 61.6 Å². The second-order valence-electron chi connectivity index (χ2n) is 7.75. The van der Waals surface area contributed by atoms with E-state index in [2.05, 4.69) is 20.3 Å². The number of oxime groups is 1. The number of allylic oxidation sites excluding steroid dienone is 1. The summed E-state index contributed by atoms with van der Waals surface area (Å²) in [5.74, 6) is -2.50. The Morgan fingerprint density at radius 2 is 2.21 bits per heavy atom. The quantitative estimate of drug-likeness (QED) is 0.139. The van der Waals surface area contributed by atoms with E-state index in [1.54, 1.807) is 17.6 Å². The van der Waals surface area contributed by atoms with Crippen LogP contribution < -0.4 is 16.5 Å². The van der Waals surface area contributed by atoms with Crippen LogP contribution >= 0.6 is 57.5 Å². The van der Waals surface area contributed by atoms with Crippen molar-refractivity contribution >= 4 is 95.6 Å². The third-order valence-electron chi connectivity index (χ3n) is 5.44. The smallest absolute Gasteiger partial charge is 0.352 e. The highest BCUT2D eigenvalue weighted by molar-refractivity contribution is 8.04. The number of thiazole rings is 1. The van der Waals surface area contributed by atoms with Crippen LogP contribution in [0.1, 0.15) is 5.69 Å². The molecule has 1 unspecified atom stereocenters. The highest BCUT2D eigenvalue weighted by Gasteiger charge is 2.54. The fourth-order valence-electron chi connectivity index (χ4n) is 3.78. The summed E-state index contributed by atoms with van der Waals surface area (Å²) in [4.78, 5) is 59.6. The first kappa shape index (κ1) is 27.3. The topological polar surface area (TPSA) is 164 Å². The molecule has 0 aliphatic carbocycles. The lowest BCUT2D eigenvalue weighted by molar-refractivity contribution is -0.150. The van der Waals surface area contributed by atoms with Gasteiger partial charge in [-0.25, -0.2) is 14.2 Å². The molecule has 2 aliphatic heterocycles. The fourth-order valence-corrected chi connectivity index (χ4v) is 8.58. The molecule has 0 spiro atoms. The van der Waals surface area contributed by atoms with Gasteiger partial charge in [0.1, 0.15) is 22.8 Å². The van der Waals surface area contributed by atoms with Crippen molar-refractivity contribution in [2.24, 2.45) is 5.16 Å². The molecule has 5 heterocycles. The molecule has 0 bridgehead atoms. The Morgan fingerprint density at radius 3 is 2.92 bits per heavy atom. The predicted octanol–water partition coefficient (Wildman–Crippen LogP) is 3.05. The number of carbonyl (C=O) groups excluding carboxylic acids is 2. The number of nitrogens with zero attached hydrogens (tertiary/aromatic N) is 3. The number of hydrogen-bond acceptors (Lipinski definition) is 13. The number of rotatable bonds is 9. The van der Waals surface area contributed by atoms with Gasteiger partial charge in [0.05, 0.1) is 13.6 Å². The molecule has 1 fully saturated rings. The first-order valence-corrected chi connectivity index (χ1v) is 15.3. The number of β-lactam (4-membered cyclic amide) rings is 1. The number of fused-ring (bicyclic) bond motifs is 2. The maximum absolute atomic E-state index is 13.0. The molecule has 39 heavy (non-hydrogen) atoms. The van der Waals surface area contributed by atoms with E-state index < -0.39 is 36.1 Å². The normalized spacial score (nSPS) is 19.4. The standard InChI is InChI=1S/C22H16FN5O6S5/c23-8-34-27-14(10-7-38-22(24)25-10)18(30)26-15-19(31)28-16(21(32)33)9(6-37-20(15)28)1-3-35-13-5-11(29)17-12(39-13)2-4-36-17/h1-5,7,15,20H,6,8H2,(H2,24,25)(H,26,30)(H,32,33)/t15?,20-/m0/s1. The summed E-state index contributed by atoms with van der Waals surface area (Å²) < 4.78 is 14.8. The Balaban J connectivity index is 1.31. The molecule has 3 aromatic heterocycles. The van der Waals surface area contributed by atoms with Crippen LogP contribution in [0.4, 0.5) is 9.52 Å². The maximum Gasteiger partial charge on any atom is 0.352 e. The average Bonchev–Trinajstić information content (AvgIpc) is 3.56. The summed E-state index contributed by atoms with van der Waals surface area (Å²) in [6, 6.07) is 2.37. The van der Waals surface area contributed by atoms with Crippen molar-refractivity contribution in [1.82, 2.24) is 15.2 Å². The average molecular weight is 626 g/mol. The van der Waals surface area contributed by atoms with E-state index in [1.807, 2.05) is 11.4 Å². The number of carboxylic acid groups (broad SMARTS) is 1. The summed E-state index contributed by atoms with van der Waals surface area (Å²) >= 11 is 6.43. The van der Waals surface area contributed by atoms with Crippen LogP contribution in [0.3, 0.4) is 0 Å². The van der Waals surface area contributed by atoms with Crippen molar-refractivity contribution in [1.29, 1.82) is 0 Å². The number of aliphatic carboxylic acids is 1. The molecule has 2 atom stereocenters. The number of carbonyl (C=O) groups is 3. The molecule has 0 radical (unpaired) electrons. The minimum atomic E-state index is -1.29. The molecule has 2 amide bonds. The number of alkyl halides is 1. The van der Waals surface area contributed by atoms with Crippen molar-refractivity contribution in [2.75, 3.05) is 18.3 Å². The fraction of sp³-hybridized carbons (Fsp3) is 0.182. The van der Waals surface area contributed by atoms with E-state index >= 15 is 0 Å². The van der Waals surface area contributed by atoms with Crippen LogP contribution in [0.2, 0.25) is 0 Å². The Morgan fingerprint density at radius 1 is 1.38 bits per heavy atom. The van der Waals surface area contributed by atoms with Gasteiger partial charge in [0.2, 0.25) is 0 Å². The molecule has 1 saturated heterocycles. The molecular formula is C22H16FN5O6S5. The van der Waals surface area contributed by atoms with E-state index in [0.29, 0.717) is 10.3 Å². The Labute approximate surface area is 239 Å². The van der Waals surface area contributed by atoms with Crippen molar-refractivity contribution in [2.45, 2.75) is 15.6 Å². The van der Waals surface area contributed by atoms with Crippen molar-refractivity contribution < 1.29 is 28.7 Å². The zero-order valence-electron chi connectivity index (χ0n) is 19.4. The summed E-state index contributed by atoms with van der Waals surface area (Å²) in [6.45, 7) is -1.28. The van der Waals surface area contributed by atoms with Crippen LogP contribution in [-0.4, -0.2) is 62.5 Å². The lowest BCUT2D eigenvalue weighted by Crippen LogP contribution is -2.71. The lowest BCUT2D eigenvalue weighted by atomic mass is 10.0. The Bertz CT molecular complexity index is 1630. The second kappa shape index (κ2) is 11.5. The highest BCUT2D eigenvalue weighted by atomic mass is 32.2. The number of anilines is 1. The largest absolute Gasteiger partial charge is 0.477 e. The van der Waals surface area contributed by atoms with E-state index in [4.69, 9.17) is 5.73 Å². The lowest BCUT2D eigenvalue weighted by Gasteiger charge is -2.49. The number of nitrogen functional groups attached to an aromatic ring is 1.